The van der Waals surface area contributed by atoms with E-state index < -0.39 is 0 Å². The fourth-order valence-corrected chi connectivity index (χ4v) is 5.18. The molecule has 3 heterocycles. The molecule has 0 spiro atoms. The summed E-state index contributed by atoms with van der Waals surface area (Å²) >= 11 is 1.87. The van der Waals surface area contributed by atoms with Gasteiger partial charge in [0.2, 0.25) is 5.91 Å². The minimum atomic E-state index is 0.170. The molecule has 0 unspecified atom stereocenters. The Morgan fingerprint density at radius 3 is 2.54 bits per heavy atom. The summed E-state index contributed by atoms with van der Waals surface area (Å²) in [4.78, 5) is 28.1. The van der Waals surface area contributed by atoms with Gasteiger partial charge < -0.3 is 9.80 Å². The lowest BCUT2D eigenvalue weighted by Crippen LogP contribution is -2.48. The lowest BCUT2D eigenvalue weighted by molar-refractivity contribution is -0.129. The van der Waals surface area contributed by atoms with E-state index in [1.54, 1.807) is 6.92 Å². The van der Waals surface area contributed by atoms with Gasteiger partial charge in [0.25, 0.3) is 0 Å². The van der Waals surface area contributed by atoms with Gasteiger partial charge in [-0.1, -0.05) is 6.42 Å². The molecule has 1 amide bonds. The molecular formula is C18H24N4OS. The molecule has 0 atom stereocenters. The third-order valence-electron chi connectivity index (χ3n) is 5.18. The molecule has 2 aromatic rings. The van der Waals surface area contributed by atoms with Crippen LogP contribution in [0.2, 0.25) is 0 Å². The van der Waals surface area contributed by atoms with Crippen molar-refractivity contribution in [1.29, 1.82) is 0 Å². The van der Waals surface area contributed by atoms with Gasteiger partial charge in [-0.15, -0.1) is 11.3 Å². The third-order valence-corrected chi connectivity index (χ3v) is 6.37. The van der Waals surface area contributed by atoms with Gasteiger partial charge in [0.05, 0.1) is 5.39 Å². The summed E-state index contributed by atoms with van der Waals surface area (Å²) in [6.45, 7) is 6.92. The van der Waals surface area contributed by atoms with Crippen LogP contribution in [0.15, 0.2) is 0 Å². The van der Waals surface area contributed by atoms with Gasteiger partial charge in [-0.2, -0.15) is 0 Å². The van der Waals surface area contributed by atoms with Crippen LogP contribution in [0.5, 0.6) is 0 Å². The van der Waals surface area contributed by atoms with E-state index in [0.29, 0.717) is 0 Å². The molecule has 2 aromatic heterocycles. The van der Waals surface area contributed by atoms with Gasteiger partial charge >= 0.3 is 0 Å². The number of hydrogen-bond acceptors (Lipinski definition) is 5. The van der Waals surface area contributed by atoms with Crippen LogP contribution in [0, 0.1) is 6.92 Å². The fraction of sp³-hybridized carbons (Fsp3) is 0.611. The zero-order valence-corrected chi connectivity index (χ0v) is 15.3. The number of hydrogen-bond donors (Lipinski definition) is 0. The molecule has 1 fully saturated rings. The summed E-state index contributed by atoms with van der Waals surface area (Å²) in [7, 11) is 0. The average molecular weight is 344 g/mol. The molecule has 0 N–H and O–H groups in total. The van der Waals surface area contributed by atoms with Crippen molar-refractivity contribution in [2.75, 3.05) is 31.1 Å². The van der Waals surface area contributed by atoms with E-state index in [1.165, 1.54) is 41.5 Å². The number of aryl methyl sites for hydroxylation is 3. The van der Waals surface area contributed by atoms with Crippen LogP contribution >= 0.6 is 11.3 Å². The highest BCUT2D eigenvalue weighted by Crippen LogP contribution is 2.39. The molecule has 1 aliphatic heterocycles. The van der Waals surface area contributed by atoms with Gasteiger partial charge in [-0.05, 0) is 38.2 Å². The lowest BCUT2D eigenvalue weighted by Gasteiger charge is -2.35. The summed E-state index contributed by atoms with van der Waals surface area (Å²) in [6, 6.07) is 0. The van der Waals surface area contributed by atoms with E-state index in [4.69, 9.17) is 9.97 Å². The molecule has 24 heavy (non-hydrogen) atoms. The first kappa shape index (κ1) is 15.8. The van der Waals surface area contributed by atoms with Crippen LogP contribution in [0.25, 0.3) is 10.2 Å². The summed E-state index contributed by atoms with van der Waals surface area (Å²) in [6.07, 6.45) is 6.22. The largest absolute Gasteiger partial charge is 0.352 e. The van der Waals surface area contributed by atoms with E-state index in [-0.39, 0.29) is 5.91 Å². The van der Waals surface area contributed by atoms with E-state index in [2.05, 4.69) is 4.90 Å². The normalized spacial score (nSPS) is 18.6. The average Bonchev–Trinajstić information content (AvgIpc) is 2.75. The molecule has 5 nitrogen and oxygen atoms in total. The summed E-state index contributed by atoms with van der Waals surface area (Å²) in [5.74, 6) is 2.12. The second-order valence-electron chi connectivity index (χ2n) is 6.83. The molecule has 0 bridgehead atoms. The van der Waals surface area contributed by atoms with E-state index in [9.17, 15) is 4.79 Å². The number of thiophene rings is 1. The SMILES string of the molecule is CC(=O)N1CCN(c2nc(C)nc3sc4c(c23)CCCCC4)CC1. The molecule has 1 aliphatic carbocycles. The maximum Gasteiger partial charge on any atom is 0.219 e. The molecule has 128 valence electrons. The predicted octanol–water partition coefficient (Wildman–Crippen LogP) is 2.94. The zero-order valence-electron chi connectivity index (χ0n) is 14.5. The summed E-state index contributed by atoms with van der Waals surface area (Å²) < 4.78 is 0. The Bertz CT molecular complexity index is 777. The van der Waals surface area contributed by atoms with Crippen LogP contribution < -0.4 is 4.90 Å². The minimum Gasteiger partial charge on any atom is -0.352 e. The number of carbonyl (C=O) groups is 1. The van der Waals surface area contributed by atoms with Crippen molar-refractivity contribution < 1.29 is 4.79 Å². The Hall–Kier alpha value is -1.69. The fourth-order valence-electron chi connectivity index (χ4n) is 3.88. The van der Waals surface area contributed by atoms with Crippen molar-refractivity contribution in [3.63, 3.8) is 0 Å². The second-order valence-corrected chi connectivity index (χ2v) is 7.92. The van der Waals surface area contributed by atoms with Gasteiger partial charge in [-0.3, -0.25) is 4.79 Å². The van der Waals surface area contributed by atoms with E-state index in [1.807, 2.05) is 23.2 Å². The van der Waals surface area contributed by atoms with Crippen LogP contribution in [-0.2, 0) is 17.6 Å². The van der Waals surface area contributed by atoms with Crippen LogP contribution in [0.3, 0.4) is 0 Å². The molecule has 6 heteroatoms. The highest BCUT2D eigenvalue weighted by Gasteiger charge is 2.25. The van der Waals surface area contributed by atoms with Crippen molar-refractivity contribution >= 4 is 33.3 Å². The van der Waals surface area contributed by atoms with Gasteiger partial charge in [-0.25, -0.2) is 9.97 Å². The molecule has 1 saturated heterocycles. The van der Waals surface area contributed by atoms with Crippen LogP contribution in [0.1, 0.15) is 42.5 Å². The molecule has 0 radical (unpaired) electrons. The van der Waals surface area contributed by atoms with E-state index >= 15 is 0 Å². The predicted molar refractivity (Wildman–Crippen MR) is 97.9 cm³/mol. The van der Waals surface area contributed by atoms with Crippen molar-refractivity contribution in [2.45, 2.75) is 46.0 Å². The number of piperazine rings is 1. The number of carbonyl (C=O) groups excluding carboxylic acids is 1. The Kier molecular flexibility index (Phi) is 4.16. The quantitative estimate of drug-likeness (QED) is 0.747. The first-order valence-electron chi connectivity index (χ1n) is 8.93. The first-order chi connectivity index (χ1) is 11.6. The van der Waals surface area contributed by atoms with Gasteiger partial charge in [0, 0.05) is 38.0 Å². The molecule has 0 saturated carbocycles. The second kappa shape index (κ2) is 6.31. The Morgan fingerprint density at radius 1 is 1.04 bits per heavy atom. The monoisotopic (exact) mass is 344 g/mol. The van der Waals surface area contributed by atoms with Crippen molar-refractivity contribution in [2.24, 2.45) is 0 Å². The Balaban J connectivity index is 1.75. The van der Waals surface area contributed by atoms with E-state index in [0.717, 1.165) is 49.1 Å². The maximum atomic E-state index is 11.6. The highest BCUT2D eigenvalue weighted by atomic mass is 32.1. The van der Waals surface area contributed by atoms with Crippen LogP contribution in [-0.4, -0.2) is 47.0 Å². The smallest absolute Gasteiger partial charge is 0.219 e. The van der Waals surface area contributed by atoms with Crippen molar-refractivity contribution in [3.8, 4) is 0 Å². The van der Waals surface area contributed by atoms with Crippen LogP contribution in [0.4, 0.5) is 5.82 Å². The Labute approximate surface area is 146 Å². The number of fused-ring (bicyclic) bond motifs is 3. The highest BCUT2D eigenvalue weighted by molar-refractivity contribution is 7.19. The lowest BCUT2D eigenvalue weighted by atomic mass is 10.1. The van der Waals surface area contributed by atoms with Gasteiger partial charge in [0.15, 0.2) is 0 Å². The number of anilines is 1. The topological polar surface area (TPSA) is 49.3 Å². The molecular weight excluding hydrogens is 320 g/mol. The summed E-state index contributed by atoms with van der Waals surface area (Å²) in [5, 5.41) is 1.29. The standard InChI is InChI=1S/C18H24N4OS/c1-12-19-17(22-10-8-21(9-11-22)13(2)23)16-14-6-4-3-5-7-15(14)24-18(16)20-12/h3-11H2,1-2H3. The third kappa shape index (κ3) is 2.77. The number of rotatable bonds is 1. The van der Waals surface area contributed by atoms with Crippen molar-refractivity contribution in [1.82, 2.24) is 14.9 Å². The number of nitrogens with zero attached hydrogens (tertiary/aromatic N) is 4. The van der Waals surface area contributed by atoms with Crippen molar-refractivity contribution in [3.05, 3.63) is 16.3 Å². The maximum absolute atomic E-state index is 11.6. The Morgan fingerprint density at radius 2 is 1.79 bits per heavy atom. The molecule has 4 rings (SSSR count). The summed E-state index contributed by atoms with van der Waals surface area (Å²) in [5.41, 5.74) is 1.50. The molecule has 2 aliphatic rings. The zero-order chi connectivity index (χ0) is 16.7. The number of aromatic nitrogens is 2. The van der Waals surface area contributed by atoms with Gasteiger partial charge in [0.1, 0.15) is 16.5 Å². The minimum absolute atomic E-state index is 0.170. The first-order valence-corrected chi connectivity index (χ1v) is 9.74. The molecule has 0 aromatic carbocycles. The number of amides is 1.